The van der Waals surface area contributed by atoms with E-state index in [4.69, 9.17) is 14.6 Å². The molecular weight excluding hydrogens is 437 g/mol. The molecule has 0 aliphatic rings. The van der Waals surface area contributed by atoms with Gasteiger partial charge in [0, 0.05) is 0 Å². The van der Waals surface area contributed by atoms with Gasteiger partial charge >= 0.3 is 174 Å². The number of pyridine rings is 1. The zero-order valence-corrected chi connectivity index (χ0v) is 17.7. The van der Waals surface area contributed by atoms with Gasteiger partial charge in [-0.05, 0) is 0 Å². The number of carboxylic acids is 1. The number of aromatic nitrogens is 1. The molecule has 0 fully saturated rings. The minimum absolute atomic E-state index is 0.116. The Balaban J connectivity index is 2.03. The van der Waals surface area contributed by atoms with Gasteiger partial charge in [0.05, 0.1) is 0 Å². The number of carboxylic acid groups (broad SMARTS) is 1. The molecule has 1 heterocycles. The zero-order chi connectivity index (χ0) is 21.0. The van der Waals surface area contributed by atoms with Crippen LogP contribution >= 0.6 is 0 Å². The fourth-order valence-corrected chi connectivity index (χ4v) is 4.27. The van der Waals surface area contributed by atoms with Gasteiger partial charge in [0.1, 0.15) is 0 Å². The van der Waals surface area contributed by atoms with Gasteiger partial charge < -0.3 is 0 Å². The van der Waals surface area contributed by atoms with Gasteiger partial charge in [-0.2, -0.15) is 0 Å². The molecule has 0 aliphatic carbocycles. The maximum atomic E-state index is 12.6. The van der Waals surface area contributed by atoms with Crippen LogP contribution in [-0.4, -0.2) is 48.6 Å². The SMILES string of the molecule is COCc1nc(C(=O)[As][C@H](C)C(=O)O)c(O)c2ccc(Oc3ccccc3)cc12. The molecule has 0 saturated carbocycles. The van der Waals surface area contributed by atoms with Crippen LogP contribution in [0.4, 0.5) is 0 Å². The predicted octanol–water partition coefficient (Wildman–Crippen LogP) is 3.62. The Hall–Kier alpha value is -2.89. The molecule has 1 aromatic heterocycles. The van der Waals surface area contributed by atoms with E-state index in [9.17, 15) is 14.7 Å². The molecule has 7 nitrogen and oxygen atoms in total. The second-order valence-electron chi connectivity index (χ2n) is 6.26. The van der Waals surface area contributed by atoms with Gasteiger partial charge in [0.2, 0.25) is 0 Å². The van der Waals surface area contributed by atoms with Gasteiger partial charge in [-0.25, -0.2) is 0 Å². The molecule has 29 heavy (non-hydrogen) atoms. The van der Waals surface area contributed by atoms with Crippen molar-refractivity contribution in [3.63, 3.8) is 0 Å². The van der Waals surface area contributed by atoms with Crippen LogP contribution in [0.25, 0.3) is 10.8 Å². The maximum absolute atomic E-state index is 12.6. The van der Waals surface area contributed by atoms with Crippen LogP contribution in [0, 0.1) is 0 Å². The van der Waals surface area contributed by atoms with Crippen molar-refractivity contribution in [2.75, 3.05) is 7.11 Å². The van der Waals surface area contributed by atoms with Crippen LogP contribution in [0.15, 0.2) is 48.5 Å². The van der Waals surface area contributed by atoms with Crippen LogP contribution in [0.3, 0.4) is 0 Å². The number of rotatable bonds is 8. The summed E-state index contributed by atoms with van der Waals surface area (Å²) in [6, 6.07) is 14.3. The monoisotopic (exact) mass is 456 g/mol. The van der Waals surface area contributed by atoms with E-state index in [1.165, 1.54) is 14.0 Å². The summed E-state index contributed by atoms with van der Waals surface area (Å²) < 4.78 is 9.81. The average molecular weight is 456 g/mol. The molecular formula is C21H19AsNO6. The van der Waals surface area contributed by atoms with E-state index in [0.29, 0.717) is 28.0 Å². The molecule has 3 aromatic rings. The third-order valence-corrected chi connectivity index (χ3v) is 6.37. The van der Waals surface area contributed by atoms with Crippen LogP contribution in [0.1, 0.15) is 23.1 Å². The van der Waals surface area contributed by atoms with Crippen LogP contribution in [0.5, 0.6) is 17.2 Å². The number of fused-ring (bicyclic) bond motifs is 1. The van der Waals surface area contributed by atoms with Crippen LogP contribution in [-0.2, 0) is 16.1 Å². The third-order valence-electron chi connectivity index (χ3n) is 4.16. The first kappa shape index (κ1) is 20.8. The average Bonchev–Trinajstić information content (AvgIpc) is 2.70. The second kappa shape index (κ2) is 9.07. The fraction of sp³-hybridized carbons (Fsp3) is 0.190. The molecule has 8 heteroatoms. The Labute approximate surface area is 174 Å². The van der Waals surface area contributed by atoms with E-state index in [0.717, 1.165) is 0 Å². The van der Waals surface area contributed by atoms with Gasteiger partial charge in [-0.15, -0.1) is 0 Å². The van der Waals surface area contributed by atoms with Crippen molar-refractivity contribution in [3.05, 3.63) is 59.9 Å². The summed E-state index contributed by atoms with van der Waals surface area (Å²) in [5, 5.41) is 20.7. The van der Waals surface area contributed by atoms with Crippen molar-refractivity contribution in [1.82, 2.24) is 4.98 Å². The number of benzene rings is 2. The molecule has 0 saturated heterocycles. The standard InChI is InChI=1S/C21H19AsNO6/c1-12(21(26)27)22-20(25)18-19(24)15-9-8-14(29-13-6-4-3-5-7-13)10-16(15)17(23-18)11-28-2/h3-10,12,24H,11H2,1-2H3,(H,26,27)/t12-/m1/s1. The van der Waals surface area contributed by atoms with E-state index in [1.54, 1.807) is 18.2 Å². The summed E-state index contributed by atoms with van der Waals surface area (Å²) in [6.07, 6.45) is 0. The molecule has 1 radical (unpaired) electrons. The van der Waals surface area contributed by atoms with E-state index in [-0.39, 0.29) is 18.1 Å². The van der Waals surface area contributed by atoms with Crippen LogP contribution in [0.2, 0.25) is 4.71 Å². The summed E-state index contributed by atoms with van der Waals surface area (Å²) in [6.45, 7) is 1.60. The number of para-hydroxylation sites is 1. The number of ether oxygens (including phenoxy) is 2. The fourth-order valence-electron chi connectivity index (χ4n) is 2.72. The summed E-state index contributed by atoms with van der Waals surface area (Å²) in [4.78, 5) is 28.0. The van der Waals surface area contributed by atoms with E-state index >= 15 is 0 Å². The predicted molar refractivity (Wildman–Crippen MR) is 108 cm³/mol. The summed E-state index contributed by atoms with van der Waals surface area (Å²) >= 11 is -1.22. The van der Waals surface area contributed by atoms with E-state index < -0.39 is 31.0 Å². The molecule has 0 spiro atoms. The number of nitrogens with zero attached hydrogens (tertiary/aromatic N) is 1. The number of aliphatic carboxylic acids is 1. The van der Waals surface area contributed by atoms with E-state index in [2.05, 4.69) is 4.98 Å². The van der Waals surface area contributed by atoms with Gasteiger partial charge in [0.25, 0.3) is 0 Å². The van der Waals surface area contributed by atoms with Crippen LogP contribution < -0.4 is 4.74 Å². The first-order valence-electron chi connectivity index (χ1n) is 8.76. The molecule has 1 atom stereocenters. The molecule has 0 unspecified atom stereocenters. The minimum atomic E-state index is -1.22. The van der Waals surface area contributed by atoms with Crippen molar-refractivity contribution in [3.8, 4) is 17.2 Å². The van der Waals surface area contributed by atoms with Crippen molar-refractivity contribution < 1.29 is 29.3 Å². The van der Waals surface area contributed by atoms with Crippen molar-refractivity contribution in [2.24, 2.45) is 0 Å². The molecule has 149 valence electrons. The molecule has 2 aromatic carbocycles. The molecule has 0 bridgehead atoms. The summed E-state index contributed by atoms with van der Waals surface area (Å²) in [7, 11) is 1.50. The topological polar surface area (TPSA) is 106 Å². The Kier molecular flexibility index (Phi) is 6.52. The van der Waals surface area contributed by atoms with Crippen molar-refractivity contribution in [1.29, 1.82) is 0 Å². The van der Waals surface area contributed by atoms with Gasteiger partial charge in [0.15, 0.2) is 0 Å². The molecule has 3 rings (SSSR count). The summed E-state index contributed by atoms with van der Waals surface area (Å²) in [5.74, 6) is -0.0922. The molecule has 0 amide bonds. The Morgan fingerprint density at radius 3 is 2.48 bits per heavy atom. The van der Waals surface area contributed by atoms with Crippen molar-refractivity contribution in [2.45, 2.75) is 18.2 Å². The number of carbonyl (C=O) groups is 2. The first-order valence-corrected chi connectivity index (χ1v) is 10.8. The van der Waals surface area contributed by atoms with Gasteiger partial charge in [-0.1, -0.05) is 0 Å². The van der Waals surface area contributed by atoms with E-state index in [1.807, 2.05) is 30.3 Å². The second-order valence-corrected chi connectivity index (χ2v) is 9.28. The third kappa shape index (κ3) is 4.75. The number of hydrogen-bond donors (Lipinski definition) is 2. The normalized spacial score (nSPS) is 12.3. The zero-order valence-electron chi connectivity index (χ0n) is 15.8. The summed E-state index contributed by atoms with van der Waals surface area (Å²) in [5.41, 5.74) is 0.348. The number of hydrogen-bond acceptors (Lipinski definition) is 6. The first-order chi connectivity index (χ1) is 13.9. The Morgan fingerprint density at radius 1 is 1.10 bits per heavy atom. The molecule has 2 N–H and O–H groups in total. The molecule has 0 aliphatic heterocycles. The Morgan fingerprint density at radius 2 is 1.83 bits per heavy atom. The Bertz CT molecular complexity index is 1050. The number of methoxy groups -OCH3 is 1. The number of aromatic hydroxyl groups is 1. The quantitative estimate of drug-likeness (QED) is 0.499. The van der Waals surface area contributed by atoms with Crippen molar-refractivity contribution >= 4 is 37.1 Å². The number of carbonyl (C=O) groups excluding carboxylic acids is 1. The van der Waals surface area contributed by atoms with Gasteiger partial charge in [-0.3, -0.25) is 0 Å².